The largest absolute Gasteiger partial charge is 0.477 e. The van der Waals surface area contributed by atoms with E-state index in [-0.39, 0.29) is 30.6 Å². The predicted octanol–water partition coefficient (Wildman–Crippen LogP) is 0.485. The van der Waals surface area contributed by atoms with Crippen molar-refractivity contribution in [3.8, 4) is 0 Å². The quantitative estimate of drug-likeness (QED) is 0.719. The molecule has 7 nitrogen and oxygen atoms in total. The number of carbonyl (C=O) groups is 2. The maximum atomic E-state index is 12.4. The fourth-order valence-corrected chi connectivity index (χ4v) is 2.53. The highest BCUT2D eigenvalue weighted by Crippen LogP contribution is 2.24. The molecule has 1 aliphatic carbocycles. The molecule has 19 heavy (non-hydrogen) atoms. The number of amides is 1. The summed E-state index contributed by atoms with van der Waals surface area (Å²) >= 11 is 0. The summed E-state index contributed by atoms with van der Waals surface area (Å²) in [7, 11) is 0. The molecule has 104 valence electrons. The predicted molar refractivity (Wildman–Crippen MR) is 65.9 cm³/mol. The highest BCUT2D eigenvalue weighted by molar-refractivity contribution is 6.02. The molecule has 0 radical (unpaired) electrons. The normalized spacial score (nSPS) is 15.6. The lowest BCUT2D eigenvalue weighted by atomic mass is 10.2. The lowest BCUT2D eigenvalue weighted by Gasteiger charge is -2.27. The first-order chi connectivity index (χ1) is 9.15. The van der Waals surface area contributed by atoms with E-state index >= 15 is 0 Å². The maximum Gasteiger partial charge on any atom is 0.354 e. The molecule has 0 spiro atoms. The van der Waals surface area contributed by atoms with Crippen molar-refractivity contribution in [2.24, 2.45) is 0 Å². The van der Waals surface area contributed by atoms with Crippen molar-refractivity contribution < 1.29 is 19.8 Å². The van der Waals surface area contributed by atoms with E-state index in [9.17, 15) is 9.59 Å². The Bertz CT molecular complexity index is 465. The van der Waals surface area contributed by atoms with Crippen LogP contribution in [0.15, 0.2) is 6.33 Å². The van der Waals surface area contributed by atoms with E-state index < -0.39 is 11.9 Å². The van der Waals surface area contributed by atoms with Crippen LogP contribution in [0.2, 0.25) is 0 Å². The van der Waals surface area contributed by atoms with Crippen LogP contribution in [-0.4, -0.2) is 56.2 Å². The van der Waals surface area contributed by atoms with Gasteiger partial charge in [-0.15, -0.1) is 0 Å². The summed E-state index contributed by atoms with van der Waals surface area (Å²) in [5.74, 6) is -1.64. The Balaban J connectivity index is 2.23. The monoisotopic (exact) mass is 267 g/mol. The molecule has 7 heteroatoms. The Morgan fingerprint density at radius 1 is 1.42 bits per heavy atom. The Labute approximate surface area is 110 Å². The summed E-state index contributed by atoms with van der Waals surface area (Å²) in [6.45, 7) is 0.0600. The molecule has 1 aliphatic rings. The van der Waals surface area contributed by atoms with Crippen molar-refractivity contribution in [3.05, 3.63) is 17.7 Å². The number of aliphatic hydroxyl groups excluding tert-OH is 1. The van der Waals surface area contributed by atoms with Crippen LogP contribution in [0.3, 0.4) is 0 Å². The zero-order valence-corrected chi connectivity index (χ0v) is 10.5. The van der Waals surface area contributed by atoms with Crippen molar-refractivity contribution in [2.75, 3.05) is 13.2 Å². The number of imidazole rings is 1. The molecule has 1 saturated carbocycles. The first-order valence-electron chi connectivity index (χ1n) is 6.33. The molecule has 0 aliphatic heterocycles. The van der Waals surface area contributed by atoms with Crippen LogP contribution in [0, 0.1) is 0 Å². The molecule has 0 aromatic carbocycles. The number of carboxylic acids is 1. The van der Waals surface area contributed by atoms with Crippen molar-refractivity contribution >= 4 is 11.9 Å². The maximum absolute atomic E-state index is 12.4. The zero-order valence-electron chi connectivity index (χ0n) is 10.5. The number of nitrogens with one attached hydrogen (secondary N) is 1. The second kappa shape index (κ2) is 5.83. The number of nitrogens with zero attached hydrogens (tertiary/aromatic N) is 2. The van der Waals surface area contributed by atoms with Crippen LogP contribution in [0.4, 0.5) is 0 Å². The number of hydrogen-bond acceptors (Lipinski definition) is 4. The molecule has 1 aromatic heterocycles. The van der Waals surface area contributed by atoms with Crippen LogP contribution in [-0.2, 0) is 0 Å². The summed E-state index contributed by atoms with van der Waals surface area (Å²) in [5.41, 5.74) is -0.293. The van der Waals surface area contributed by atoms with Crippen LogP contribution in [0.1, 0.15) is 46.7 Å². The average molecular weight is 267 g/mol. The molecule has 0 saturated heterocycles. The van der Waals surface area contributed by atoms with Crippen molar-refractivity contribution in [1.82, 2.24) is 14.9 Å². The molecule has 0 atom stereocenters. The highest BCUT2D eigenvalue weighted by Gasteiger charge is 2.30. The van der Waals surface area contributed by atoms with Gasteiger partial charge in [0.1, 0.15) is 0 Å². The third-order valence-electron chi connectivity index (χ3n) is 3.42. The molecule has 1 aromatic rings. The van der Waals surface area contributed by atoms with Gasteiger partial charge in [0.15, 0.2) is 11.4 Å². The smallest absolute Gasteiger partial charge is 0.354 e. The van der Waals surface area contributed by atoms with Crippen LogP contribution in [0.25, 0.3) is 0 Å². The SMILES string of the molecule is O=C(O)c1[nH]cnc1C(=O)N(CCO)C1CCCC1. The number of aromatic amines is 1. The number of H-pyrrole nitrogens is 1. The Kier molecular flexibility index (Phi) is 4.16. The van der Waals surface area contributed by atoms with E-state index in [1.807, 2.05) is 0 Å². The van der Waals surface area contributed by atoms with E-state index in [1.165, 1.54) is 11.2 Å². The molecule has 1 fully saturated rings. The van der Waals surface area contributed by atoms with Gasteiger partial charge in [0.25, 0.3) is 5.91 Å². The van der Waals surface area contributed by atoms with Crippen LogP contribution < -0.4 is 0 Å². The van der Waals surface area contributed by atoms with Crippen molar-refractivity contribution in [1.29, 1.82) is 0 Å². The van der Waals surface area contributed by atoms with E-state index in [0.717, 1.165) is 25.7 Å². The molecule has 1 amide bonds. The number of carbonyl (C=O) groups excluding carboxylic acids is 1. The van der Waals surface area contributed by atoms with Gasteiger partial charge in [-0.2, -0.15) is 0 Å². The number of aromatic carboxylic acids is 1. The first-order valence-corrected chi connectivity index (χ1v) is 6.33. The Morgan fingerprint density at radius 3 is 2.68 bits per heavy atom. The summed E-state index contributed by atoms with van der Waals surface area (Å²) in [6.07, 6.45) is 5.07. The molecular weight excluding hydrogens is 250 g/mol. The minimum Gasteiger partial charge on any atom is -0.477 e. The minimum atomic E-state index is -1.21. The minimum absolute atomic E-state index is 0.0676. The van der Waals surface area contributed by atoms with Gasteiger partial charge in [-0.3, -0.25) is 4.79 Å². The van der Waals surface area contributed by atoms with E-state index in [4.69, 9.17) is 10.2 Å². The summed E-state index contributed by atoms with van der Waals surface area (Å²) in [6, 6.07) is 0.0676. The van der Waals surface area contributed by atoms with Crippen LogP contribution in [0.5, 0.6) is 0 Å². The molecule has 0 bridgehead atoms. The summed E-state index contributed by atoms with van der Waals surface area (Å²) in [4.78, 5) is 31.2. The molecular formula is C12H17N3O4. The van der Waals surface area contributed by atoms with Gasteiger partial charge < -0.3 is 20.1 Å². The van der Waals surface area contributed by atoms with Gasteiger partial charge in [-0.05, 0) is 12.8 Å². The Morgan fingerprint density at radius 2 is 2.11 bits per heavy atom. The molecule has 2 rings (SSSR count). The molecule has 1 heterocycles. The fourth-order valence-electron chi connectivity index (χ4n) is 2.53. The van der Waals surface area contributed by atoms with Gasteiger partial charge in [-0.25, -0.2) is 9.78 Å². The van der Waals surface area contributed by atoms with Crippen molar-refractivity contribution in [3.63, 3.8) is 0 Å². The lowest BCUT2D eigenvalue weighted by molar-refractivity contribution is 0.0610. The molecule has 0 unspecified atom stereocenters. The third kappa shape index (κ3) is 2.76. The number of hydrogen-bond donors (Lipinski definition) is 3. The van der Waals surface area contributed by atoms with Gasteiger partial charge in [-0.1, -0.05) is 12.8 Å². The number of carboxylic acid groups (broad SMARTS) is 1. The van der Waals surface area contributed by atoms with Gasteiger partial charge in [0.2, 0.25) is 0 Å². The summed E-state index contributed by atoms with van der Waals surface area (Å²) < 4.78 is 0. The zero-order chi connectivity index (χ0) is 13.8. The second-order valence-corrected chi connectivity index (χ2v) is 4.59. The Hall–Kier alpha value is -1.89. The second-order valence-electron chi connectivity index (χ2n) is 4.59. The molecule has 3 N–H and O–H groups in total. The van der Waals surface area contributed by atoms with E-state index in [0.29, 0.717) is 0 Å². The topological polar surface area (TPSA) is 107 Å². The standard InChI is InChI=1S/C12H17N3O4/c16-6-5-15(8-3-1-2-4-8)11(17)9-10(12(18)19)14-7-13-9/h7-8,16H,1-6H2,(H,13,14)(H,18,19). The number of aliphatic hydroxyl groups is 1. The van der Waals surface area contributed by atoms with Crippen LogP contribution >= 0.6 is 0 Å². The lowest BCUT2D eigenvalue weighted by Crippen LogP contribution is -2.41. The van der Waals surface area contributed by atoms with Gasteiger partial charge in [0, 0.05) is 12.6 Å². The van der Waals surface area contributed by atoms with E-state index in [1.54, 1.807) is 0 Å². The average Bonchev–Trinajstić information content (AvgIpc) is 3.05. The number of rotatable bonds is 5. The van der Waals surface area contributed by atoms with E-state index in [2.05, 4.69) is 9.97 Å². The van der Waals surface area contributed by atoms with Gasteiger partial charge >= 0.3 is 5.97 Å². The first kappa shape index (κ1) is 13.5. The number of aromatic nitrogens is 2. The third-order valence-corrected chi connectivity index (χ3v) is 3.42. The van der Waals surface area contributed by atoms with Crippen molar-refractivity contribution in [2.45, 2.75) is 31.7 Å². The van der Waals surface area contributed by atoms with Gasteiger partial charge in [0.05, 0.1) is 12.9 Å². The summed E-state index contributed by atoms with van der Waals surface area (Å²) in [5, 5.41) is 18.1. The fraction of sp³-hybridized carbons (Fsp3) is 0.583. The highest BCUT2D eigenvalue weighted by atomic mass is 16.4.